The van der Waals surface area contributed by atoms with E-state index in [1.165, 1.54) is 5.56 Å². The molecule has 88 valence electrons. The highest BCUT2D eigenvalue weighted by Gasteiger charge is 2.18. The Morgan fingerprint density at radius 1 is 1.12 bits per heavy atom. The average Bonchev–Trinajstić information content (AvgIpc) is 2.30. The van der Waals surface area contributed by atoms with Crippen molar-refractivity contribution in [2.45, 2.75) is 44.4 Å². The predicted octanol–water partition coefficient (Wildman–Crippen LogP) is 3.24. The van der Waals surface area contributed by atoms with Crippen molar-refractivity contribution < 1.29 is 4.74 Å². The fraction of sp³-hybridized carbons (Fsp3) is 0.538. The molecule has 2 rings (SSSR count). The molecule has 1 aliphatic carbocycles. The highest BCUT2D eigenvalue weighted by Crippen LogP contribution is 2.21. The molecule has 1 fully saturated rings. The van der Waals surface area contributed by atoms with E-state index in [0.29, 0.717) is 18.8 Å². The van der Waals surface area contributed by atoms with Gasteiger partial charge < -0.3 is 10.5 Å². The zero-order valence-corrected chi connectivity index (χ0v) is 10.9. The molecule has 2 nitrogen and oxygen atoms in total. The molecule has 1 aromatic carbocycles. The largest absolute Gasteiger partial charge is 0.374 e. The molecule has 0 amide bonds. The quantitative estimate of drug-likeness (QED) is 0.924. The highest BCUT2D eigenvalue weighted by molar-refractivity contribution is 9.10. The third-order valence-electron chi connectivity index (χ3n) is 3.12. The lowest BCUT2D eigenvalue weighted by Crippen LogP contribution is -2.30. The number of halogens is 1. The Morgan fingerprint density at radius 2 is 1.75 bits per heavy atom. The van der Waals surface area contributed by atoms with E-state index in [9.17, 15) is 0 Å². The van der Waals surface area contributed by atoms with Crippen molar-refractivity contribution in [3.8, 4) is 0 Å². The van der Waals surface area contributed by atoms with Crippen LogP contribution >= 0.6 is 15.9 Å². The van der Waals surface area contributed by atoms with Gasteiger partial charge in [-0.1, -0.05) is 28.1 Å². The maximum atomic E-state index is 5.89. The summed E-state index contributed by atoms with van der Waals surface area (Å²) in [5, 5.41) is 0. The molecule has 1 saturated carbocycles. The Hall–Kier alpha value is -0.380. The summed E-state index contributed by atoms with van der Waals surface area (Å²) in [4.78, 5) is 0. The van der Waals surface area contributed by atoms with Crippen molar-refractivity contribution in [2.24, 2.45) is 5.73 Å². The van der Waals surface area contributed by atoms with Gasteiger partial charge in [0.2, 0.25) is 0 Å². The van der Waals surface area contributed by atoms with Crippen LogP contribution < -0.4 is 5.73 Å². The molecule has 1 aliphatic rings. The molecular formula is C13H18BrNO. The molecule has 0 heterocycles. The van der Waals surface area contributed by atoms with Crippen LogP contribution in [-0.4, -0.2) is 12.1 Å². The molecule has 1 aromatic rings. The fourth-order valence-electron chi connectivity index (χ4n) is 2.05. The molecular weight excluding hydrogens is 266 g/mol. The number of hydrogen-bond acceptors (Lipinski definition) is 2. The second kappa shape index (κ2) is 5.80. The standard InChI is InChI=1S/C13H18BrNO/c14-11-3-1-10(2-4-11)9-16-13-7-5-12(15)6-8-13/h1-4,12-13H,5-9,15H2. The normalized spacial score (nSPS) is 25.6. The Balaban J connectivity index is 1.77. The van der Waals surface area contributed by atoms with E-state index in [1.54, 1.807) is 0 Å². The lowest BCUT2D eigenvalue weighted by atomic mass is 9.94. The smallest absolute Gasteiger partial charge is 0.0720 e. The van der Waals surface area contributed by atoms with Gasteiger partial charge in [0.15, 0.2) is 0 Å². The van der Waals surface area contributed by atoms with Gasteiger partial charge in [-0.15, -0.1) is 0 Å². The minimum absolute atomic E-state index is 0.396. The molecule has 0 aromatic heterocycles. The van der Waals surface area contributed by atoms with Gasteiger partial charge in [-0.2, -0.15) is 0 Å². The van der Waals surface area contributed by atoms with Crippen LogP contribution in [-0.2, 0) is 11.3 Å². The van der Waals surface area contributed by atoms with Crippen molar-refractivity contribution >= 4 is 15.9 Å². The first-order chi connectivity index (χ1) is 7.74. The van der Waals surface area contributed by atoms with Crippen molar-refractivity contribution in [1.29, 1.82) is 0 Å². The Labute approximate surface area is 105 Å². The summed E-state index contributed by atoms with van der Waals surface area (Å²) in [5.74, 6) is 0. The van der Waals surface area contributed by atoms with Crippen LogP contribution in [0.3, 0.4) is 0 Å². The monoisotopic (exact) mass is 283 g/mol. The van der Waals surface area contributed by atoms with Crippen molar-refractivity contribution in [3.63, 3.8) is 0 Å². The summed E-state index contributed by atoms with van der Waals surface area (Å²) in [5.41, 5.74) is 7.09. The summed E-state index contributed by atoms with van der Waals surface area (Å²) in [6.45, 7) is 0.715. The third kappa shape index (κ3) is 3.58. The zero-order chi connectivity index (χ0) is 11.4. The van der Waals surface area contributed by atoms with Crippen LogP contribution in [0.25, 0.3) is 0 Å². The Kier molecular flexibility index (Phi) is 4.38. The lowest BCUT2D eigenvalue weighted by Gasteiger charge is -2.26. The van der Waals surface area contributed by atoms with Gasteiger partial charge >= 0.3 is 0 Å². The molecule has 0 atom stereocenters. The summed E-state index contributed by atoms with van der Waals surface area (Å²) in [6, 6.07) is 8.69. The minimum Gasteiger partial charge on any atom is -0.374 e. The highest BCUT2D eigenvalue weighted by atomic mass is 79.9. The molecule has 2 N–H and O–H groups in total. The van der Waals surface area contributed by atoms with Crippen LogP contribution in [0.15, 0.2) is 28.7 Å². The van der Waals surface area contributed by atoms with E-state index in [-0.39, 0.29) is 0 Å². The number of ether oxygens (including phenoxy) is 1. The average molecular weight is 284 g/mol. The molecule has 0 spiro atoms. The molecule has 0 unspecified atom stereocenters. The van der Waals surface area contributed by atoms with E-state index in [2.05, 4.69) is 40.2 Å². The van der Waals surface area contributed by atoms with Crippen molar-refractivity contribution in [1.82, 2.24) is 0 Å². The summed E-state index contributed by atoms with van der Waals surface area (Å²) in [7, 11) is 0. The molecule has 0 saturated heterocycles. The van der Waals surface area contributed by atoms with Gasteiger partial charge in [0.25, 0.3) is 0 Å². The number of hydrogen-bond donors (Lipinski definition) is 1. The summed E-state index contributed by atoms with van der Waals surface area (Å²) < 4.78 is 7.00. The molecule has 0 aliphatic heterocycles. The maximum Gasteiger partial charge on any atom is 0.0720 e. The van der Waals surface area contributed by atoms with Gasteiger partial charge in [-0.3, -0.25) is 0 Å². The van der Waals surface area contributed by atoms with E-state index < -0.39 is 0 Å². The van der Waals surface area contributed by atoms with Gasteiger partial charge in [-0.05, 0) is 43.4 Å². The van der Waals surface area contributed by atoms with Gasteiger partial charge in [0.05, 0.1) is 12.7 Å². The first kappa shape index (κ1) is 12.1. The molecule has 16 heavy (non-hydrogen) atoms. The third-order valence-corrected chi connectivity index (χ3v) is 3.65. The summed E-state index contributed by atoms with van der Waals surface area (Å²) >= 11 is 3.43. The first-order valence-corrected chi connectivity index (χ1v) is 6.65. The van der Waals surface area contributed by atoms with Crippen molar-refractivity contribution in [3.05, 3.63) is 34.3 Å². The van der Waals surface area contributed by atoms with Crippen LogP contribution in [0.4, 0.5) is 0 Å². The van der Waals surface area contributed by atoms with E-state index in [4.69, 9.17) is 10.5 Å². The fourth-order valence-corrected chi connectivity index (χ4v) is 2.31. The zero-order valence-electron chi connectivity index (χ0n) is 9.36. The topological polar surface area (TPSA) is 35.2 Å². The lowest BCUT2D eigenvalue weighted by molar-refractivity contribution is 0.0138. The molecule has 0 radical (unpaired) electrons. The maximum absolute atomic E-state index is 5.89. The second-order valence-electron chi connectivity index (χ2n) is 4.47. The van der Waals surface area contributed by atoms with Crippen molar-refractivity contribution in [2.75, 3.05) is 0 Å². The number of nitrogens with two attached hydrogens (primary N) is 1. The first-order valence-electron chi connectivity index (χ1n) is 5.85. The second-order valence-corrected chi connectivity index (χ2v) is 5.39. The predicted molar refractivity (Wildman–Crippen MR) is 69.2 cm³/mol. The van der Waals surface area contributed by atoms with E-state index >= 15 is 0 Å². The van der Waals surface area contributed by atoms with Crippen LogP contribution in [0, 0.1) is 0 Å². The summed E-state index contributed by atoms with van der Waals surface area (Å²) in [6.07, 6.45) is 4.83. The van der Waals surface area contributed by atoms with Gasteiger partial charge in [0.1, 0.15) is 0 Å². The van der Waals surface area contributed by atoms with Gasteiger partial charge in [-0.25, -0.2) is 0 Å². The van der Waals surface area contributed by atoms with E-state index in [0.717, 1.165) is 30.2 Å². The Morgan fingerprint density at radius 3 is 2.38 bits per heavy atom. The molecule has 0 bridgehead atoms. The van der Waals surface area contributed by atoms with Crippen LogP contribution in [0.5, 0.6) is 0 Å². The SMILES string of the molecule is NC1CCC(OCc2ccc(Br)cc2)CC1. The molecule has 3 heteroatoms. The van der Waals surface area contributed by atoms with E-state index in [1.807, 2.05) is 0 Å². The number of rotatable bonds is 3. The number of benzene rings is 1. The van der Waals surface area contributed by atoms with Crippen LogP contribution in [0.2, 0.25) is 0 Å². The van der Waals surface area contributed by atoms with Crippen LogP contribution in [0.1, 0.15) is 31.2 Å². The Bertz CT molecular complexity index is 317. The van der Waals surface area contributed by atoms with Gasteiger partial charge in [0, 0.05) is 10.5 Å². The minimum atomic E-state index is 0.396.